The molecule has 2 aliphatic rings. The summed E-state index contributed by atoms with van der Waals surface area (Å²) in [5.41, 5.74) is 0. The molecule has 2 atom stereocenters. The summed E-state index contributed by atoms with van der Waals surface area (Å²) in [6, 6.07) is 16.5. The van der Waals surface area contributed by atoms with Gasteiger partial charge in [0.25, 0.3) is 0 Å². The van der Waals surface area contributed by atoms with Crippen molar-refractivity contribution >= 4 is 38.4 Å². The lowest BCUT2D eigenvalue weighted by Gasteiger charge is -2.22. The van der Waals surface area contributed by atoms with Gasteiger partial charge in [0.15, 0.2) is 0 Å². The molecule has 9 heteroatoms. The number of benzene rings is 3. The van der Waals surface area contributed by atoms with Crippen LogP contribution in [0.5, 0.6) is 11.5 Å². The van der Waals surface area contributed by atoms with Crippen LogP contribution in [0.1, 0.15) is 32.1 Å². The van der Waals surface area contributed by atoms with Crippen molar-refractivity contribution in [1.29, 1.82) is 0 Å². The third-order valence-corrected chi connectivity index (χ3v) is 8.92. The molecule has 36 heavy (non-hydrogen) atoms. The van der Waals surface area contributed by atoms with Gasteiger partial charge in [0.2, 0.25) is 10.0 Å². The van der Waals surface area contributed by atoms with Crippen molar-refractivity contribution in [3.05, 3.63) is 65.7 Å². The van der Waals surface area contributed by atoms with Gasteiger partial charge in [-0.15, -0.1) is 0 Å². The van der Waals surface area contributed by atoms with E-state index in [0.29, 0.717) is 10.8 Å². The number of hydrogen-bond acceptors (Lipinski definition) is 6. The Bertz CT molecular complexity index is 1350. The zero-order chi connectivity index (χ0) is 25.3. The maximum atomic E-state index is 13.7. The maximum absolute atomic E-state index is 13.7. The first-order valence-corrected chi connectivity index (χ1v) is 13.9. The Kier molecular flexibility index (Phi) is 7.10. The monoisotopic (exact) mass is 529 g/mol. The maximum Gasteiger partial charge on any atom is 0.324 e. The molecule has 0 radical (unpaired) electrons. The van der Waals surface area contributed by atoms with E-state index in [9.17, 15) is 13.2 Å². The first-order valence-electron chi connectivity index (χ1n) is 12.1. The molecule has 0 bridgehead atoms. The molecule has 0 amide bonds. The molecule has 7 nitrogen and oxygen atoms in total. The third kappa shape index (κ3) is 5.16. The Balaban J connectivity index is 1.38. The summed E-state index contributed by atoms with van der Waals surface area (Å²) in [6.07, 6.45) is 4.42. The fraction of sp³-hybridized carbons (Fsp3) is 0.370. The Hall–Kier alpha value is -2.81. The normalized spacial score (nSPS) is 21.1. The predicted octanol–water partition coefficient (Wildman–Crippen LogP) is 5.20. The van der Waals surface area contributed by atoms with E-state index >= 15 is 0 Å². The van der Waals surface area contributed by atoms with Gasteiger partial charge in [0, 0.05) is 11.4 Å². The van der Waals surface area contributed by atoms with Gasteiger partial charge < -0.3 is 14.2 Å². The summed E-state index contributed by atoms with van der Waals surface area (Å²) in [7, 11) is -2.74. The van der Waals surface area contributed by atoms with E-state index in [2.05, 4.69) is 0 Å². The first-order chi connectivity index (χ1) is 17.3. The van der Waals surface area contributed by atoms with Crippen molar-refractivity contribution < 1.29 is 27.4 Å². The minimum absolute atomic E-state index is 0.0247. The third-order valence-electron chi connectivity index (χ3n) is 6.80. The molecule has 1 heterocycles. The summed E-state index contributed by atoms with van der Waals surface area (Å²) in [5.74, 6) is 0.723. The number of nitrogens with zero attached hydrogens (tertiary/aromatic N) is 1. The summed E-state index contributed by atoms with van der Waals surface area (Å²) in [4.78, 5) is 12.6. The van der Waals surface area contributed by atoms with E-state index in [4.69, 9.17) is 25.8 Å². The highest BCUT2D eigenvalue weighted by molar-refractivity contribution is 7.89. The van der Waals surface area contributed by atoms with Gasteiger partial charge in [-0.2, -0.15) is 4.31 Å². The number of carbonyl (C=O) groups excluding carboxylic acids is 1. The lowest BCUT2D eigenvalue weighted by molar-refractivity contribution is -0.144. The molecular formula is C27H28ClNO6S. The SMILES string of the molecule is COC(=O)[C@@H]1C[C@@H](Oc2ccc(Cl)cc2)CN1S(=O)(=O)c1ccc2cc(OC3CCCC3)ccc2c1. The number of ether oxygens (including phenoxy) is 3. The molecule has 1 saturated carbocycles. The number of halogens is 1. The van der Waals surface area contributed by atoms with Gasteiger partial charge in [-0.1, -0.05) is 23.7 Å². The van der Waals surface area contributed by atoms with Crippen LogP contribution >= 0.6 is 11.6 Å². The molecule has 190 valence electrons. The van der Waals surface area contributed by atoms with Gasteiger partial charge in [0.05, 0.1) is 24.7 Å². The smallest absolute Gasteiger partial charge is 0.324 e. The minimum Gasteiger partial charge on any atom is -0.490 e. The number of methoxy groups -OCH3 is 1. The lowest BCUT2D eigenvalue weighted by Crippen LogP contribution is -2.41. The molecule has 0 N–H and O–H groups in total. The van der Waals surface area contributed by atoms with Crippen molar-refractivity contribution in [2.24, 2.45) is 0 Å². The summed E-state index contributed by atoms with van der Waals surface area (Å²) >= 11 is 5.94. The van der Waals surface area contributed by atoms with Crippen LogP contribution in [0, 0.1) is 0 Å². The van der Waals surface area contributed by atoms with Crippen molar-refractivity contribution in [3.8, 4) is 11.5 Å². The Morgan fingerprint density at radius 3 is 2.25 bits per heavy atom. The van der Waals surface area contributed by atoms with Crippen molar-refractivity contribution in [3.63, 3.8) is 0 Å². The Morgan fingerprint density at radius 1 is 0.889 bits per heavy atom. The molecule has 5 rings (SSSR count). The van der Waals surface area contributed by atoms with Crippen LogP contribution in [0.3, 0.4) is 0 Å². The zero-order valence-electron chi connectivity index (χ0n) is 19.9. The van der Waals surface area contributed by atoms with Crippen LogP contribution in [0.4, 0.5) is 0 Å². The number of carbonyl (C=O) groups is 1. The largest absolute Gasteiger partial charge is 0.490 e. The molecular weight excluding hydrogens is 502 g/mol. The number of fused-ring (bicyclic) bond motifs is 1. The van der Waals surface area contributed by atoms with E-state index in [1.54, 1.807) is 42.5 Å². The molecule has 0 unspecified atom stereocenters. The summed E-state index contributed by atoms with van der Waals surface area (Å²) < 4.78 is 45.5. The van der Waals surface area contributed by atoms with Crippen LogP contribution in [-0.2, 0) is 19.6 Å². The molecule has 3 aromatic rings. The highest BCUT2D eigenvalue weighted by atomic mass is 35.5. The van der Waals surface area contributed by atoms with E-state index in [0.717, 1.165) is 29.4 Å². The fourth-order valence-corrected chi connectivity index (χ4v) is 6.73. The Morgan fingerprint density at radius 2 is 1.53 bits per heavy atom. The molecule has 3 aromatic carbocycles. The van der Waals surface area contributed by atoms with E-state index in [-0.39, 0.29) is 24.0 Å². The lowest BCUT2D eigenvalue weighted by atomic mass is 10.1. The number of rotatable bonds is 7. The number of hydrogen-bond donors (Lipinski definition) is 0. The molecule has 1 aliphatic heterocycles. The van der Waals surface area contributed by atoms with Crippen LogP contribution in [-0.4, -0.2) is 50.6 Å². The van der Waals surface area contributed by atoms with Gasteiger partial charge >= 0.3 is 5.97 Å². The van der Waals surface area contributed by atoms with Crippen LogP contribution in [0.15, 0.2) is 65.6 Å². The van der Waals surface area contributed by atoms with Crippen LogP contribution < -0.4 is 9.47 Å². The topological polar surface area (TPSA) is 82.1 Å². The van der Waals surface area contributed by atoms with E-state index < -0.39 is 28.1 Å². The summed E-state index contributed by atoms with van der Waals surface area (Å²) in [5, 5.41) is 2.23. The molecule has 1 saturated heterocycles. The second kappa shape index (κ2) is 10.3. The average Bonchev–Trinajstić information content (AvgIpc) is 3.55. The number of esters is 1. The van der Waals surface area contributed by atoms with E-state index in [1.807, 2.05) is 18.2 Å². The van der Waals surface area contributed by atoms with Crippen molar-refractivity contribution in [2.75, 3.05) is 13.7 Å². The highest BCUT2D eigenvalue weighted by Crippen LogP contribution is 2.32. The highest BCUT2D eigenvalue weighted by Gasteiger charge is 2.45. The fourth-order valence-electron chi connectivity index (χ4n) is 4.95. The minimum atomic E-state index is -3.99. The predicted molar refractivity (Wildman–Crippen MR) is 137 cm³/mol. The first kappa shape index (κ1) is 24.9. The molecule has 0 spiro atoms. The second-order valence-electron chi connectivity index (χ2n) is 9.24. The van der Waals surface area contributed by atoms with Crippen LogP contribution in [0.25, 0.3) is 10.8 Å². The van der Waals surface area contributed by atoms with Gasteiger partial charge in [-0.05, 0) is 85.0 Å². The van der Waals surface area contributed by atoms with Crippen molar-refractivity contribution in [1.82, 2.24) is 4.31 Å². The molecule has 0 aromatic heterocycles. The van der Waals surface area contributed by atoms with Gasteiger partial charge in [-0.25, -0.2) is 8.42 Å². The van der Waals surface area contributed by atoms with Crippen molar-refractivity contribution in [2.45, 2.75) is 55.2 Å². The van der Waals surface area contributed by atoms with Gasteiger partial charge in [-0.3, -0.25) is 4.79 Å². The average molecular weight is 530 g/mol. The van der Waals surface area contributed by atoms with E-state index in [1.165, 1.54) is 24.3 Å². The molecule has 1 aliphatic carbocycles. The summed E-state index contributed by atoms with van der Waals surface area (Å²) in [6.45, 7) is 0.0247. The quantitative estimate of drug-likeness (QED) is 0.391. The standard InChI is InChI=1S/C27H28ClNO6S/c1-33-27(30)26-16-24(35-22-11-8-20(28)9-12-22)17-29(26)36(31,32)25-13-7-18-14-23(10-6-19(18)15-25)34-21-4-2-3-5-21/h6-15,21,24,26H,2-5,16-17H2,1H3/t24-,26+/m1/s1. The second-order valence-corrected chi connectivity index (χ2v) is 11.6. The Labute approximate surface area is 215 Å². The van der Waals surface area contributed by atoms with Crippen LogP contribution in [0.2, 0.25) is 5.02 Å². The number of sulfonamides is 1. The molecule has 2 fully saturated rings. The van der Waals surface area contributed by atoms with Gasteiger partial charge in [0.1, 0.15) is 23.6 Å². The zero-order valence-corrected chi connectivity index (χ0v) is 21.5.